The molecular formula is C10H9I. The highest BCUT2D eigenvalue weighted by Crippen LogP contribution is 2.23. The molecule has 1 aliphatic carbocycles. The van der Waals surface area contributed by atoms with Crippen LogP contribution in [0.3, 0.4) is 0 Å². The highest BCUT2D eigenvalue weighted by Gasteiger charge is 2.05. The van der Waals surface area contributed by atoms with E-state index in [9.17, 15) is 0 Å². The minimum atomic E-state index is 1.20. The van der Waals surface area contributed by atoms with Gasteiger partial charge in [-0.3, -0.25) is 0 Å². The lowest BCUT2D eigenvalue weighted by atomic mass is 9.98. The van der Waals surface area contributed by atoms with Gasteiger partial charge in [-0.1, -0.05) is 24.3 Å². The second-order valence-corrected chi connectivity index (χ2v) is 3.92. The maximum absolute atomic E-state index is 2.39. The molecule has 0 N–H and O–H groups in total. The van der Waals surface area contributed by atoms with Gasteiger partial charge >= 0.3 is 0 Å². The Labute approximate surface area is 80.5 Å². The molecule has 1 aromatic carbocycles. The van der Waals surface area contributed by atoms with E-state index in [-0.39, 0.29) is 0 Å². The van der Waals surface area contributed by atoms with Crippen molar-refractivity contribution in [1.82, 2.24) is 0 Å². The summed E-state index contributed by atoms with van der Waals surface area (Å²) in [6, 6.07) is 6.52. The van der Waals surface area contributed by atoms with Gasteiger partial charge in [-0.25, -0.2) is 0 Å². The van der Waals surface area contributed by atoms with Crippen LogP contribution in [0, 0.1) is 3.57 Å². The third kappa shape index (κ3) is 1.34. The van der Waals surface area contributed by atoms with Crippen molar-refractivity contribution < 1.29 is 0 Å². The standard InChI is InChI=1S/C10H9I/c11-10-7-3-5-8-4-1-2-6-9(8)10/h2-3,5-7H,1,4H2. The lowest BCUT2D eigenvalue weighted by molar-refractivity contribution is 0.983. The van der Waals surface area contributed by atoms with Crippen LogP contribution in [0.1, 0.15) is 17.5 Å². The fourth-order valence-electron chi connectivity index (χ4n) is 1.43. The average molecular weight is 256 g/mol. The van der Waals surface area contributed by atoms with Crippen LogP contribution in [0.15, 0.2) is 24.3 Å². The smallest absolute Gasteiger partial charge is 0.0205 e. The van der Waals surface area contributed by atoms with Gasteiger partial charge in [-0.15, -0.1) is 0 Å². The van der Waals surface area contributed by atoms with Gasteiger partial charge in [0.2, 0.25) is 0 Å². The zero-order valence-corrected chi connectivity index (χ0v) is 8.34. The third-order valence-electron chi connectivity index (χ3n) is 2.01. The molecule has 0 radical (unpaired) electrons. The molecule has 0 amide bonds. The molecule has 0 bridgehead atoms. The monoisotopic (exact) mass is 256 g/mol. The molecule has 2 rings (SSSR count). The van der Waals surface area contributed by atoms with Crippen molar-refractivity contribution in [1.29, 1.82) is 0 Å². The number of hydrogen-bond donors (Lipinski definition) is 0. The van der Waals surface area contributed by atoms with Crippen molar-refractivity contribution in [2.24, 2.45) is 0 Å². The Morgan fingerprint density at radius 2 is 2.18 bits per heavy atom. The van der Waals surface area contributed by atoms with Crippen LogP contribution in [-0.4, -0.2) is 0 Å². The Morgan fingerprint density at radius 3 is 3.00 bits per heavy atom. The summed E-state index contributed by atoms with van der Waals surface area (Å²) in [6.45, 7) is 0. The van der Waals surface area contributed by atoms with Crippen molar-refractivity contribution in [2.75, 3.05) is 0 Å². The van der Waals surface area contributed by atoms with Crippen molar-refractivity contribution in [3.8, 4) is 0 Å². The molecule has 1 aliphatic rings. The van der Waals surface area contributed by atoms with Gasteiger partial charge in [-0.2, -0.15) is 0 Å². The maximum Gasteiger partial charge on any atom is 0.0205 e. The Morgan fingerprint density at radius 1 is 1.27 bits per heavy atom. The summed E-state index contributed by atoms with van der Waals surface area (Å²) in [5.41, 5.74) is 2.93. The molecule has 56 valence electrons. The van der Waals surface area contributed by atoms with E-state index in [4.69, 9.17) is 0 Å². The van der Waals surface area contributed by atoms with Gasteiger partial charge in [0.25, 0.3) is 0 Å². The molecule has 0 unspecified atom stereocenters. The largest absolute Gasteiger partial charge is 0.0836 e. The number of aryl methyl sites for hydroxylation is 1. The van der Waals surface area contributed by atoms with Crippen LogP contribution >= 0.6 is 22.6 Å². The first-order chi connectivity index (χ1) is 5.38. The van der Waals surface area contributed by atoms with Crippen molar-refractivity contribution in [3.05, 3.63) is 39.0 Å². The summed E-state index contributed by atoms with van der Waals surface area (Å²) in [4.78, 5) is 0. The highest BCUT2D eigenvalue weighted by atomic mass is 127. The number of allylic oxidation sites excluding steroid dienone is 1. The minimum Gasteiger partial charge on any atom is -0.0836 e. The van der Waals surface area contributed by atoms with E-state index in [1.807, 2.05) is 0 Å². The second kappa shape index (κ2) is 2.97. The van der Waals surface area contributed by atoms with Crippen LogP contribution in [-0.2, 0) is 6.42 Å². The third-order valence-corrected chi connectivity index (χ3v) is 2.95. The summed E-state index contributed by atoms with van der Waals surface area (Å²) in [7, 11) is 0. The van der Waals surface area contributed by atoms with E-state index < -0.39 is 0 Å². The predicted molar refractivity (Wildman–Crippen MR) is 56.5 cm³/mol. The van der Waals surface area contributed by atoms with Crippen LogP contribution in [0.4, 0.5) is 0 Å². The fraction of sp³-hybridized carbons (Fsp3) is 0.200. The quantitative estimate of drug-likeness (QED) is 0.625. The zero-order valence-electron chi connectivity index (χ0n) is 6.18. The first-order valence-electron chi connectivity index (χ1n) is 3.82. The number of fused-ring (bicyclic) bond motifs is 1. The molecule has 0 aromatic heterocycles. The topological polar surface area (TPSA) is 0 Å². The van der Waals surface area contributed by atoms with Crippen molar-refractivity contribution >= 4 is 28.7 Å². The first-order valence-corrected chi connectivity index (χ1v) is 4.90. The average Bonchev–Trinajstić information content (AvgIpc) is 2.06. The normalized spacial score (nSPS) is 14.6. The van der Waals surface area contributed by atoms with Gasteiger partial charge in [0, 0.05) is 3.57 Å². The molecule has 11 heavy (non-hydrogen) atoms. The number of benzene rings is 1. The van der Waals surface area contributed by atoms with Crippen LogP contribution in [0.5, 0.6) is 0 Å². The molecule has 0 saturated heterocycles. The van der Waals surface area contributed by atoms with E-state index in [1.54, 1.807) is 0 Å². The van der Waals surface area contributed by atoms with E-state index in [0.29, 0.717) is 0 Å². The Hall–Kier alpha value is -0.310. The minimum absolute atomic E-state index is 1.20. The van der Waals surface area contributed by atoms with E-state index in [0.717, 1.165) is 0 Å². The van der Waals surface area contributed by atoms with E-state index in [1.165, 1.54) is 27.5 Å². The van der Waals surface area contributed by atoms with Gasteiger partial charge in [0.05, 0.1) is 0 Å². The van der Waals surface area contributed by atoms with Crippen LogP contribution < -0.4 is 0 Å². The molecule has 1 aromatic rings. The summed E-state index contributed by atoms with van der Waals surface area (Å²) in [5.74, 6) is 0. The first kappa shape index (κ1) is 7.35. The summed E-state index contributed by atoms with van der Waals surface area (Å²) < 4.78 is 1.37. The second-order valence-electron chi connectivity index (χ2n) is 2.75. The fourth-order valence-corrected chi connectivity index (χ4v) is 2.16. The molecule has 0 aliphatic heterocycles. The molecule has 0 nitrogen and oxygen atoms in total. The number of rotatable bonds is 0. The number of halogens is 1. The number of hydrogen-bond acceptors (Lipinski definition) is 0. The Balaban J connectivity index is 2.60. The molecule has 1 heteroatoms. The predicted octanol–water partition coefficient (Wildman–Crippen LogP) is 3.25. The van der Waals surface area contributed by atoms with Crippen molar-refractivity contribution in [2.45, 2.75) is 12.8 Å². The van der Waals surface area contributed by atoms with Crippen LogP contribution in [0.2, 0.25) is 0 Å². The SMILES string of the molecule is Ic1cccc2c1C=CCC2. The molecule has 0 heterocycles. The summed E-state index contributed by atoms with van der Waals surface area (Å²) >= 11 is 2.39. The van der Waals surface area contributed by atoms with Crippen molar-refractivity contribution in [3.63, 3.8) is 0 Å². The zero-order chi connectivity index (χ0) is 7.68. The molecule has 0 atom stereocenters. The molecule has 0 fully saturated rings. The Kier molecular flexibility index (Phi) is 1.98. The molecule has 0 saturated carbocycles. The molecular weight excluding hydrogens is 247 g/mol. The van der Waals surface area contributed by atoms with Gasteiger partial charge in [0.1, 0.15) is 0 Å². The summed E-state index contributed by atoms with van der Waals surface area (Å²) in [5, 5.41) is 0. The van der Waals surface area contributed by atoms with Crippen LogP contribution in [0.25, 0.3) is 6.08 Å². The summed E-state index contributed by atoms with van der Waals surface area (Å²) in [6.07, 6.45) is 6.90. The Bertz CT molecular complexity index is 300. The van der Waals surface area contributed by atoms with E-state index in [2.05, 4.69) is 52.9 Å². The van der Waals surface area contributed by atoms with Gasteiger partial charge in [-0.05, 0) is 52.6 Å². The lowest BCUT2D eigenvalue weighted by Gasteiger charge is -2.10. The highest BCUT2D eigenvalue weighted by molar-refractivity contribution is 14.1. The molecule has 0 spiro atoms. The lowest BCUT2D eigenvalue weighted by Crippen LogP contribution is -1.95. The van der Waals surface area contributed by atoms with E-state index >= 15 is 0 Å². The maximum atomic E-state index is 2.39. The van der Waals surface area contributed by atoms with Gasteiger partial charge < -0.3 is 0 Å². The van der Waals surface area contributed by atoms with Gasteiger partial charge in [0.15, 0.2) is 0 Å².